The van der Waals surface area contributed by atoms with Gasteiger partial charge >= 0.3 is 0 Å². The van der Waals surface area contributed by atoms with Crippen LogP contribution in [0.1, 0.15) is 31.4 Å². The van der Waals surface area contributed by atoms with E-state index in [1.807, 2.05) is 6.92 Å². The van der Waals surface area contributed by atoms with Crippen LogP contribution in [0.4, 0.5) is 5.69 Å². The first-order valence-electron chi connectivity index (χ1n) is 8.55. The highest BCUT2D eigenvalue weighted by Gasteiger charge is 2.26. The van der Waals surface area contributed by atoms with Gasteiger partial charge in [-0.15, -0.1) is 10.2 Å². The van der Waals surface area contributed by atoms with Crippen LogP contribution in [0.3, 0.4) is 0 Å². The Bertz CT molecular complexity index is 658. The van der Waals surface area contributed by atoms with E-state index in [4.69, 9.17) is 4.74 Å². The summed E-state index contributed by atoms with van der Waals surface area (Å²) >= 11 is 0. The van der Waals surface area contributed by atoms with E-state index < -0.39 is 0 Å². The summed E-state index contributed by atoms with van der Waals surface area (Å²) in [4.78, 5) is 2.64. The summed E-state index contributed by atoms with van der Waals surface area (Å²) < 4.78 is 7.22. The van der Waals surface area contributed by atoms with Gasteiger partial charge in [0.15, 0.2) is 0 Å². The first kappa shape index (κ1) is 14.8. The topological polar surface area (TPSA) is 67.6 Å². The van der Waals surface area contributed by atoms with Gasteiger partial charge < -0.3 is 15.0 Å². The third-order valence-corrected chi connectivity index (χ3v) is 4.99. The number of ether oxygens (including phenoxy) is 1. The molecular weight excluding hydrogens is 292 g/mol. The monoisotopic (exact) mass is 316 g/mol. The molecule has 2 aromatic rings. The molecule has 124 valence electrons. The average Bonchev–Trinajstić information content (AvgIpc) is 3.05. The standard InChI is InChI=1S/C16H24N6O/c1-12-10-15(16-19-17-11-22(16)20-12)18-13-2-6-21(7-3-13)14-4-8-23-9-5-14/h10-11,13-14,18H,2-9H2,1H3. The summed E-state index contributed by atoms with van der Waals surface area (Å²) in [6.45, 7) is 6.16. The predicted octanol–water partition coefficient (Wildman–Crippen LogP) is 1.49. The number of rotatable bonds is 3. The Morgan fingerprint density at radius 3 is 2.74 bits per heavy atom. The van der Waals surface area contributed by atoms with E-state index in [1.54, 1.807) is 10.8 Å². The van der Waals surface area contributed by atoms with E-state index >= 15 is 0 Å². The Balaban J connectivity index is 1.39. The van der Waals surface area contributed by atoms with Crippen LogP contribution >= 0.6 is 0 Å². The van der Waals surface area contributed by atoms with E-state index in [2.05, 4.69) is 31.6 Å². The van der Waals surface area contributed by atoms with Crippen molar-refractivity contribution in [1.29, 1.82) is 0 Å². The molecule has 0 aromatic carbocycles. The molecule has 4 heterocycles. The van der Waals surface area contributed by atoms with Crippen LogP contribution in [0.15, 0.2) is 12.4 Å². The van der Waals surface area contributed by atoms with Gasteiger partial charge in [-0.2, -0.15) is 9.61 Å². The van der Waals surface area contributed by atoms with Crippen molar-refractivity contribution in [2.24, 2.45) is 0 Å². The zero-order valence-electron chi connectivity index (χ0n) is 13.6. The largest absolute Gasteiger partial charge is 0.381 e. The van der Waals surface area contributed by atoms with Crippen molar-refractivity contribution in [2.45, 2.75) is 44.7 Å². The molecule has 0 unspecified atom stereocenters. The number of hydrogen-bond acceptors (Lipinski definition) is 6. The molecule has 0 atom stereocenters. The lowest BCUT2D eigenvalue weighted by Gasteiger charge is -2.39. The Morgan fingerprint density at radius 2 is 1.96 bits per heavy atom. The minimum absolute atomic E-state index is 0.494. The number of piperidine rings is 1. The summed E-state index contributed by atoms with van der Waals surface area (Å²) in [5, 5.41) is 16.2. The fourth-order valence-corrected chi connectivity index (χ4v) is 3.74. The van der Waals surface area contributed by atoms with Crippen LogP contribution in [0.25, 0.3) is 5.65 Å². The minimum Gasteiger partial charge on any atom is -0.381 e. The van der Waals surface area contributed by atoms with E-state index in [0.717, 1.165) is 49.4 Å². The number of aromatic nitrogens is 4. The summed E-state index contributed by atoms with van der Waals surface area (Å²) in [6.07, 6.45) is 6.35. The number of nitrogens with zero attached hydrogens (tertiary/aromatic N) is 5. The van der Waals surface area contributed by atoms with Gasteiger partial charge in [0.25, 0.3) is 0 Å². The van der Waals surface area contributed by atoms with Gasteiger partial charge in [0.1, 0.15) is 6.33 Å². The van der Waals surface area contributed by atoms with E-state index in [0.29, 0.717) is 6.04 Å². The summed E-state index contributed by atoms with van der Waals surface area (Å²) in [5.41, 5.74) is 2.82. The van der Waals surface area contributed by atoms with Crippen LogP contribution < -0.4 is 5.32 Å². The number of hydrogen-bond donors (Lipinski definition) is 1. The second-order valence-corrected chi connectivity index (χ2v) is 6.60. The SMILES string of the molecule is Cc1cc(NC2CCN(C3CCOCC3)CC2)c2nncn2n1. The number of likely N-dealkylation sites (tertiary alicyclic amines) is 1. The molecule has 0 bridgehead atoms. The maximum atomic E-state index is 5.47. The van der Waals surface area contributed by atoms with Crippen LogP contribution in [-0.4, -0.2) is 63.1 Å². The van der Waals surface area contributed by atoms with E-state index in [1.165, 1.54) is 25.7 Å². The van der Waals surface area contributed by atoms with Crippen molar-refractivity contribution in [3.05, 3.63) is 18.1 Å². The van der Waals surface area contributed by atoms with Crippen LogP contribution in [0.2, 0.25) is 0 Å². The maximum Gasteiger partial charge on any atom is 0.200 e. The Kier molecular flexibility index (Phi) is 4.13. The van der Waals surface area contributed by atoms with Gasteiger partial charge in [-0.25, -0.2) is 0 Å². The zero-order chi connectivity index (χ0) is 15.6. The molecule has 4 rings (SSSR count). The van der Waals surface area contributed by atoms with E-state index in [9.17, 15) is 0 Å². The molecule has 2 saturated heterocycles. The lowest BCUT2D eigenvalue weighted by atomic mass is 9.99. The van der Waals surface area contributed by atoms with Crippen molar-refractivity contribution < 1.29 is 4.74 Å². The second kappa shape index (κ2) is 6.41. The highest BCUT2D eigenvalue weighted by atomic mass is 16.5. The molecule has 0 amide bonds. The van der Waals surface area contributed by atoms with Gasteiger partial charge in [-0.3, -0.25) is 0 Å². The van der Waals surface area contributed by atoms with Gasteiger partial charge in [-0.1, -0.05) is 0 Å². The molecule has 7 heteroatoms. The molecule has 23 heavy (non-hydrogen) atoms. The number of fused-ring (bicyclic) bond motifs is 1. The normalized spacial score (nSPS) is 21.8. The van der Waals surface area contributed by atoms with Crippen molar-refractivity contribution in [3.63, 3.8) is 0 Å². The average molecular weight is 316 g/mol. The molecule has 0 radical (unpaired) electrons. The first-order valence-corrected chi connectivity index (χ1v) is 8.55. The maximum absolute atomic E-state index is 5.47. The lowest BCUT2D eigenvalue weighted by molar-refractivity contribution is 0.0262. The Morgan fingerprint density at radius 1 is 1.17 bits per heavy atom. The molecule has 0 aliphatic carbocycles. The van der Waals surface area contributed by atoms with Crippen molar-refractivity contribution in [3.8, 4) is 0 Å². The minimum atomic E-state index is 0.494. The second-order valence-electron chi connectivity index (χ2n) is 6.60. The van der Waals surface area contributed by atoms with Gasteiger partial charge in [0, 0.05) is 38.4 Å². The summed E-state index contributed by atoms with van der Waals surface area (Å²) in [6, 6.07) is 3.28. The van der Waals surface area contributed by atoms with Gasteiger partial charge in [-0.05, 0) is 38.7 Å². The van der Waals surface area contributed by atoms with Crippen LogP contribution in [0.5, 0.6) is 0 Å². The fourth-order valence-electron chi connectivity index (χ4n) is 3.74. The zero-order valence-corrected chi connectivity index (χ0v) is 13.6. The van der Waals surface area contributed by atoms with Crippen molar-refractivity contribution in [1.82, 2.24) is 24.7 Å². The quantitative estimate of drug-likeness (QED) is 0.925. The fraction of sp³-hybridized carbons (Fsp3) is 0.688. The highest BCUT2D eigenvalue weighted by Crippen LogP contribution is 2.23. The molecule has 7 nitrogen and oxygen atoms in total. The summed E-state index contributed by atoms with van der Waals surface area (Å²) in [7, 11) is 0. The molecular formula is C16H24N6O. The smallest absolute Gasteiger partial charge is 0.200 e. The van der Waals surface area contributed by atoms with Crippen LogP contribution in [0, 0.1) is 6.92 Å². The Labute approximate surface area is 136 Å². The number of anilines is 1. The van der Waals surface area contributed by atoms with Gasteiger partial charge in [0.2, 0.25) is 5.65 Å². The molecule has 1 N–H and O–H groups in total. The third-order valence-electron chi connectivity index (χ3n) is 4.99. The number of nitrogens with one attached hydrogen (secondary N) is 1. The van der Waals surface area contributed by atoms with Crippen molar-refractivity contribution >= 4 is 11.3 Å². The Hall–Kier alpha value is -1.73. The first-order chi connectivity index (χ1) is 11.3. The van der Waals surface area contributed by atoms with Crippen molar-refractivity contribution in [2.75, 3.05) is 31.6 Å². The van der Waals surface area contributed by atoms with Gasteiger partial charge in [0.05, 0.1) is 11.4 Å². The van der Waals surface area contributed by atoms with Crippen LogP contribution in [-0.2, 0) is 4.74 Å². The molecule has 2 fully saturated rings. The molecule has 2 aliphatic rings. The molecule has 0 spiro atoms. The number of aryl methyl sites for hydroxylation is 1. The lowest BCUT2D eigenvalue weighted by Crippen LogP contribution is -2.46. The predicted molar refractivity (Wildman–Crippen MR) is 87.6 cm³/mol. The third kappa shape index (κ3) is 3.16. The molecule has 2 aliphatic heterocycles. The highest BCUT2D eigenvalue weighted by molar-refractivity contribution is 5.66. The van der Waals surface area contributed by atoms with E-state index in [-0.39, 0.29) is 0 Å². The summed E-state index contributed by atoms with van der Waals surface area (Å²) in [5.74, 6) is 0. The molecule has 2 aromatic heterocycles. The molecule has 0 saturated carbocycles.